The van der Waals surface area contributed by atoms with E-state index in [-0.39, 0.29) is 11.4 Å². The molecular weight excluding hydrogens is 379 g/mol. The topological polar surface area (TPSA) is 66.4 Å². The summed E-state index contributed by atoms with van der Waals surface area (Å²) < 4.78 is 64.6. The van der Waals surface area contributed by atoms with E-state index >= 15 is 0 Å². The molecule has 0 spiro atoms. The van der Waals surface area contributed by atoms with Crippen molar-refractivity contribution >= 4 is 20.8 Å². The normalized spacial score (nSPS) is 13.6. The molecule has 1 unspecified atom stereocenters. The molecule has 3 rings (SSSR count). The summed E-state index contributed by atoms with van der Waals surface area (Å²) in [7, 11) is -4.06. The van der Waals surface area contributed by atoms with Crippen LogP contribution in [0.15, 0.2) is 71.6 Å². The second kappa shape index (κ2) is 7.30. The van der Waals surface area contributed by atoms with E-state index in [1.54, 1.807) is 12.1 Å². The van der Waals surface area contributed by atoms with E-state index in [9.17, 15) is 26.7 Å². The van der Waals surface area contributed by atoms with E-state index in [2.05, 4.69) is 4.72 Å². The lowest BCUT2D eigenvalue weighted by Gasteiger charge is -2.15. The maximum Gasteiger partial charge on any atom is 0.416 e. The molecule has 142 valence electrons. The minimum absolute atomic E-state index is 0.305. The number of fused-ring (bicyclic) bond motifs is 1. The molecule has 1 atom stereocenters. The third-order valence-electron chi connectivity index (χ3n) is 4.14. The van der Waals surface area contributed by atoms with Crippen molar-refractivity contribution in [1.29, 1.82) is 0 Å². The molecule has 0 aromatic heterocycles. The van der Waals surface area contributed by atoms with Crippen molar-refractivity contribution in [2.75, 3.05) is 6.54 Å². The van der Waals surface area contributed by atoms with Crippen LogP contribution in [-0.4, -0.2) is 20.1 Å². The number of hydrogen-bond acceptors (Lipinski definition) is 3. The van der Waals surface area contributed by atoms with Gasteiger partial charge >= 0.3 is 6.18 Å². The van der Waals surface area contributed by atoms with Crippen LogP contribution in [0.3, 0.4) is 0 Å². The first kappa shape index (κ1) is 19.3. The molecule has 27 heavy (non-hydrogen) atoms. The number of hydrogen-bond donors (Lipinski definition) is 2. The third kappa shape index (κ3) is 4.29. The number of alkyl halides is 3. The van der Waals surface area contributed by atoms with E-state index in [1.807, 2.05) is 30.3 Å². The molecule has 0 amide bonds. The van der Waals surface area contributed by atoms with Gasteiger partial charge in [0.2, 0.25) is 10.0 Å². The lowest BCUT2D eigenvalue weighted by molar-refractivity contribution is -0.137. The van der Waals surface area contributed by atoms with Crippen molar-refractivity contribution in [3.8, 4) is 0 Å². The Morgan fingerprint density at radius 3 is 2.22 bits per heavy atom. The highest BCUT2D eigenvalue weighted by Gasteiger charge is 2.30. The highest BCUT2D eigenvalue weighted by molar-refractivity contribution is 7.89. The van der Waals surface area contributed by atoms with Gasteiger partial charge in [0.05, 0.1) is 16.6 Å². The molecule has 0 radical (unpaired) electrons. The highest BCUT2D eigenvalue weighted by atomic mass is 32.2. The number of halogens is 3. The molecule has 0 bridgehead atoms. The van der Waals surface area contributed by atoms with E-state index in [0.717, 1.165) is 22.9 Å². The first-order chi connectivity index (χ1) is 12.7. The van der Waals surface area contributed by atoms with Gasteiger partial charge in [-0.1, -0.05) is 42.5 Å². The first-order valence-electron chi connectivity index (χ1n) is 8.01. The maximum atomic E-state index is 12.6. The zero-order valence-corrected chi connectivity index (χ0v) is 14.8. The summed E-state index contributed by atoms with van der Waals surface area (Å²) in [6.07, 6.45) is -5.65. The average Bonchev–Trinajstić information content (AvgIpc) is 2.65. The summed E-state index contributed by atoms with van der Waals surface area (Å²) in [4.78, 5) is -0.305. The van der Waals surface area contributed by atoms with Crippen molar-refractivity contribution in [3.05, 3.63) is 77.9 Å². The Kier molecular flexibility index (Phi) is 5.23. The minimum Gasteiger partial charge on any atom is -0.387 e. The number of nitrogens with one attached hydrogen (secondary N) is 1. The second-order valence-electron chi connectivity index (χ2n) is 5.96. The van der Waals surface area contributed by atoms with E-state index in [0.29, 0.717) is 17.7 Å². The van der Waals surface area contributed by atoms with Crippen molar-refractivity contribution in [3.63, 3.8) is 0 Å². The second-order valence-corrected chi connectivity index (χ2v) is 7.73. The molecule has 0 aliphatic heterocycles. The van der Waals surface area contributed by atoms with Gasteiger partial charge in [0.25, 0.3) is 0 Å². The van der Waals surface area contributed by atoms with E-state index in [4.69, 9.17) is 0 Å². The summed E-state index contributed by atoms with van der Waals surface area (Å²) in [5, 5.41) is 12.1. The molecular formula is C19H16F3NO3S. The van der Waals surface area contributed by atoms with E-state index < -0.39 is 27.9 Å². The van der Waals surface area contributed by atoms with Crippen LogP contribution in [-0.2, 0) is 16.2 Å². The Labute approximate surface area is 154 Å². The van der Waals surface area contributed by atoms with Gasteiger partial charge < -0.3 is 5.11 Å². The minimum atomic E-state index is -4.54. The largest absolute Gasteiger partial charge is 0.416 e. The Hall–Kier alpha value is -2.42. The van der Waals surface area contributed by atoms with Gasteiger partial charge in [0.1, 0.15) is 0 Å². The first-order valence-corrected chi connectivity index (χ1v) is 9.49. The van der Waals surface area contributed by atoms with Crippen LogP contribution in [0.5, 0.6) is 0 Å². The van der Waals surface area contributed by atoms with Gasteiger partial charge in [-0.25, -0.2) is 13.1 Å². The third-order valence-corrected chi connectivity index (χ3v) is 5.58. The SMILES string of the molecule is O=S(=O)(NCC(O)c1cccc2ccccc12)c1ccc(C(F)(F)F)cc1. The zero-order chi connectivity index (χ0) is 19.7. The summed E-state index contributed by atoms with van der Waals surface area (Å²) >= 11 is 0. The van der Waals surface area contributed by atoms with Crippen LogP contribution >= 0.6 is 0 Å². The molecule has 0 aliphatic rings. The predicted octanol–water partition coefficient (Wildman–Crippen LogP) is 3.87. The fourth-order valence-corrected chi connectivity index (χ4v) is 3.78. The molecule has 3 aromatic rings. The Balaban J connectivity index is 1.76. The van der Waals surface area contributed by atoms with Crippen LogP contribution in [0.4, 0.5) is 13.2 Å². The molecule has 2 N–H and O–H groups in total. The molecule has 0 aliphatic carbocycles. The lowest BCUT2D eigenvalue weighted by Crippen LogP contribution is -2.28. The van der Waals surface area contributed by atoms with Crippen molar-refractivity contribution < 1.29 is 26.7 Å². The molecule has 8 heteroatoms. The summed E-state index contributed by atoms with van der Waals surface area (Å²) in [6.45, 7) is -0.308. The van der Waals surface area contributed by atoms with Crippen LogP contribution in [0, 0.1) is 0 Å². The monoisotopic (exact) mass is 395 g/mol. The molecule has 3 aromatic carbocycles. The average molecular weight is 395 g/mol. The Morgan fingerprint density at radius 1 is 0.926 bits per heavy atom. The van der Waals surface area contributed by atoms with Crippen molar-refractivity contribution in [2.45, 2.75) is 17.2 Å². The number of aliphatic hydroxyl groups excluding tert-OH is 1. The maximum absolute atomic E-state index is 12.6. The van der Waals surface area contributed by atoms with Crippen molar-refractivity contribution in [1.82, 2.24) is 4.72 Å². The van der Waals surface area contributed by atoms with Gasteiger partial charge in [-0.2, -0.15) is 13.2 Å². The zero-order valence-electron chi connectivity index (χ0n) is 13.9. The smallest absolute Gasteiger partial charge is 0.387 e. The number of rotatable bonds is 5. The van der Waals surface area contributed by atoms with Gasteiger partial charge in [0.15, 0.2) is 0 Å². The van der Waals surface area contributed by atoms with Gasteiger partial charge in [-0.3, -0.25) is 0 Å². The quantitative estimate of drug-likeness (QED) is 0.689. The predicted molar refractivity (Wildman–Crippen MR) is 95.5 cm³/mol. The van der Waals surface area contributed by atoms with Gasteiger partial charge in [-0.05, 0) is 40.6 Å². The molecule has 0 saturated carbocycles. The summed E-state index contributed by atoms with van der Waals surface area (Å²) in [5.74, 6) is 0. The Bertz CT molecular complexity index is 1040. The highest BCUT2D eigenvalue weighted by Crippen LogP contribution is 2.30. The molecule has 4 nitrogen and oxygen atoms in total. The lowest BCUT2D eigenvalue weighted by atomic mass is 10.0. The van der Waals surface area contributed by atoms with Crippen LogP contribution < -0.4 is 4.72 Å². The van der Waals surface area contributed by atoms with Gasteiger partial charge in [-0.15, -0.1) is 0 Å². The van der Waals surface area contributed by atoms with Gasteiger partial charge in [0, 0.05) is 6.54 Å². The van der Waals surface area contributed by atoms with Crippen molar-refractivity contribution in [2.24, 2.45) is 0 Å². The Morgan fingerprint density at radius 2 is 1.56 bits per heavy atom. The fourth-order valence-electron chi connectivity index (χ4n) is 2.75. The number of aliphatic hydroxyl groups is 1. The standard InChI is InChI=1S/C19H16F3NO3S/c20-19(21,22)14-8-10-15(11-9-14)27(25,26)23-12-18(24)17-7-3-5-13-4-1-2-6-16(13)17/h1-11,18,23-24H,12H2. The molecule has 0 saturated heterocycles. The number of sulfonamides is 1. The summed E-state index contributed by atoms with van der Waals surface area (Å²) in [5.41, 5.74) is -0.375. The molecule has 0 fully saturated rings. The van der Waals surface area contributed by atoms with Crippen LogP contribution in [0.2, 0.25) is 0 Å². The number of benzene rings is 3. The molecule has 0 heterocycles. The fraction of sp³-hybridized carbons (Fsp3) is 0.158. The van der Waals surface area contributed by atoms with Crippen LogP contribution in [0.1, 0.15) is 17.2 Å². The van der Waals surface area contributed by atoms with Crippen LogP contribution in [0.25, 0.3) is 10.8 Å². The summed E-state index contributed by atoms with van der Waals surface area (Å²) in [6, 6.07) is 15.9. The van der Waals surface area contributed by atoms with E-state index in [1.165, 1.54) is 0 Å².